The van der Waals surface area contributed by atoms with Gasteiger partial charge in [-0.25, -0.2) is 4.98 Å². The molecule has 130 valence electrons. The van der Waals surface area contributed by atoms with Gasteiger partial charge in [0.2, 0.25) is 0 Å². The maximum atomic E-state index is 12.4. The zero-order valence-electron chi connectivity index (χ0n) is 14.8. The Bertz CT molecular complexity index is 710. The van der Waals surface area contributed by atoms with Crippen molar-refractivity contribution in [3.63, 3.8) is 0 Å². The molecule has 24 heavy (non-hydrogen) atoms. The maximum absolute atomic E-state index is 12.4. The number of hydrogen-bond acceptors (Lipinski definition) is 5. The van der Waals surface area contributed by atoms with E-state index in [2.05, 4.69) is 24.1 Å². The van der Waals surface area contributed by atoms with Crippen LogP contribution >= 0.6 is 11.3 Å². The molecule has 0 saturated carbocycles. The SMILES string of the molecule is COc1ccc(CCNC(=O)c2sc(C)nc2C(C)C)cc1OC. The van der Waals surface area contributed by atoms with Crippen LogP contribution in [-0.2, 0) is 6.42 Å². The molecule has 0 saturated heterocycles. The summed E-state index contributed by atoms with van der Waals surface area (Å²) in [4.78, 5) is 17.6. The maximum Gasteiger partial charge on any atom is 0.263 e. The van der Waals surface area contributed by atoms with E-state index in [9.17, 15) is 4.79 Å². The molecule has 1 aromatic heterocycles. The van der Waals surface area contributed by atoms with Gasteiger partial charge in [0.1, 0.15) is 4.88 Å². The van der Waals surface area contributed by atoms with Crippen LogP contribution in [0, 0.1) is 6.92 Å². The highest BCUT2D eigenvalue weighted by atomic mass is 32.1. The quantitative estimate of drug-likeness (QED) is 0.831. The summed E-state index contributed by atoms with van der Waals surface area (Å²) in [5.74, 6) is 1.58. The lowest BCUT2D eigenvalue weighted by Crippen LogP contribution is -2.26. The van der Waals surface area contributed by atoms with Gasteiger partial charge >= 0.3 is 0 Å². The van der Waals surface area contributed by atoms with E-state index in [0.29, 0.717) is 18.0 Å². The number of amides is 1. The highest BCUT2D eigenvalue weighted by Gasteiger charge is 2.18. The second-order valence-corrected chi connectivity index (χ2v) is 7.00. The van der Waals surface area contributed by atoms with E-state index in [4.69, 9.17) is 9.47 Å². The minimum Gasteiger partial charge on any atom is -0.493 e. The van der Waals surface area contributed by atoms with Crippen LogP contribution < -0.4 is 14.8 Å². The molecule has 0 unspecified atom stereocenters. The van der Waals surface area contributed by atoms with Gasteiger partial charge in [-0.1, -0.05) is 19.9 Å². The average Bonchev–Trinajstić information content (AvgIpc) is 2.97. The number of methoxy groups -OCH3 is 2. The van der Waals surface area contributed by atoms with E-state index in [1.165, 1.54) is 11.3 Å². The summed E-state index contributed by atoms with van der Waals surface area (Å²) in [7, 11) is 3.23. The van der Waals surface area contributed by atoms with E-state index in [0.717, 1.165) is 27.6 Å². The predicted octanol–water partition coefficient (Wildman–Crippen LogP) is 3.56. The molecule has 0 atom stereocenters. The fraction of sp³-hybridized carbons (Fsp3) is 0.444. The normalized spacial score (nSPS) is 10.8. The molecule has 0 spiro atoms. The monoisotopic (exact) mass is 348 g/mol. The smallest absolute Gasteiger partial charge is 0.263 e. The summed E-state index contributed by atoms with van der Waals surface area (Å²) in [5, 5.41) is 3.90. The second-order valence-electron chi connectivity index (χ2n) is 5.80. The van der Waals surface area contributed by atoms with Crippen molar-refractivity contribution in [3.8, 4) is 11.5 Å². The molecule has 1 N–H and O–H groups in total. The van der Waals surface area contributed by atoms with Gasteiger partial charge in [0.15, 0.2) is 11.5 Å². The molecular formula is C18H24N2O3S. The number of carbonyl (C=O) groups excluding carboxylic acids is 1. The van der Waals surface area contributed by atoms with E-state index in [-0.39, 0.29) is 11.8 Å². The third-order valence-electron chi connectivity index (χ3n) is 3.66. The minimum absolute atomic E-state index is 0.0511. The van der Waals surface area contributed by atoms with Gasteiger partial charge in [-0.05, 0) is 37.0 Å². The van der Waals surface area contributed by atoms with Crippen LogP contribution in [-0.4, -0.2) is 31.7 Å². The molecule has 1 heterocycles. The van der Waals surface area contributed by atoms with Crippen LogP contribution in [0.4, 0.5) is 0 Å². The van der Waals surface area contributed by atoms with Crippen molar-refractivity contribution >= 4 is 17.2 Å². The number of thiazole rings is 1. The first kappa shape index (κ1) is 18.3. The number of rotatable bonds is 7. The number of ether oxygens (including phenoxy) is 2. The van der Waals surface area contributed by atoms with E-state index < -0.39 is 0 Å². The zero-order chi connectivity index (χ0) is 17.7. The number of nitrogens with one attached hydrogen (secondary N) is 1. The summed E-state index contributed by atoms with van der Waals surface area (Å²) in [5.41, 5.74) is 1.96. The number of aryl methyl sites for hydroxylation is 1. The lowest BCUT2D eigenvalue weighted by atomic mass is 10.1. The first-order chi connectivity index (χ1) is 11.5. The van der Waals surface area contributed by atoms with Gasteiger partial charge in [-0.3, -0.25) is 4.79 Å². The molecule has 2 aromatic rings. The standard InChI is InChI=1S/C18H24N2O3S/c1-11(2)16-17(24-12(3)20-16)18(21)19-9-8-13-6-7-14(22-4)15(10-13)23-5/h6-7,10-11H,8-9H2,1-5H3,(H,19,21). The Kier molecular flexibility index (Phi) is 6.20. The Hall–Kier alpha value is -2.08. The Labute approximate surface area is 147 Å². The summed E-state index contributed by atoms with van der Waals surface area (Å²) >= 11 is 1.45. The third kappa shape index (κ3) is 4.26. The van der Waals surface area contributed by atoms with Crippen molar-refractivity contribution in [2.45, 2.75) is 33.1 Å². The van der Waals surface area contributed by atoms with Gasteiger partial charge in [-0.15, -0.1) is 11.3 Å². The fourth-order valence-electron chi connectivity index (χ4n) is 2.43. The summed E-state index contributed by atoms with van der Waals surface area (Å²) < 4.78 is 10.5. The van der Waals surface area contributed by atoms with Crippen molar-refractivity contribution in [3.05, 3.63) is 39.3 Å². The number of nitrogens with zero attached hydrogens (tertiary/aromatic N) is 1. The molecule has 0 bridgehead atoms. The first-order valence-electron chi connectivity index (χ1n) is 7.92. The van der Waals surface area contributed by atoms with Crippen molar-refractivity contribution in [2.75, 3.05) is 20.8 Å². The molecular weight excluding hydrogens is 324 g/mol. The minimum atomic E-state index is -0.0511. The van der Waals surface area contributed by atoms with Crippen molar-refractivity contribution in [2.24, 2.45) is 0 Å². The molecule has 0 radical (unpaired) electrons. The Morgan fingerprint density at radius 1 is 1.25 bits per heavy atom. The van der Waals surface area contributed by atoms with Crippen LogP contribution in [0.25, 0.3) is 0 Å². The van der Waals surface area contributed by atoms with Gasteiger partial charge < -0.3 is 14.8 Å². The molecule has 6 heteroatoms. The third-order valence-corrected chi connectivity index (χ3v) is 4.65. The Morgan fingerprint density at radius 3 is 2.58 bits per heavy atom. The van der Waals surface area contributed by atoms with Crippen LogP contribution in [0.3, 0.4) is 0 Å². The van der Waals surface area contributed by atoms with Crippen molar-refractivity contribution in [1.29, 1.82) is 0 Å². The van der Waals surface area contributed by atoms with Crippen molar-refractivity contribution in [1.82, 2.24) is 10.3 Å². The second kappa shape index (κ2) is 8.15. The summed E-state index contributed by atoms with van der Waals surface area (Å²) in [6.07, 6.45) is 0.723. The lowest BCUT2D eigenvalue weighted by molar-refractivity contribution is 0.0956. The van der Waals surface area contributed by atoms with Gasteiger partial charge in [0.05, 0.1) is 24.9 Å². The largest absolute Gasteiger partial charge is 0.493 e. The van der Waals surface area contributed by atoms with Crippen molar-refractivity contribution < 1.29 is 14.3 Å². The van der Waals surface area contributed by atoms with Gasteiger partial charge in [0, 0.05) is 6.54 Å². The zero-order valence-corrected chi connectivity index (χ0v) is 15.6. The lowest BCUT2D eigenvalue weighted by Gasteiger charge is -2.10. The Balaban J connectivity index is 1.98. The predicted molar refractivity (Wildman–Crippen MR) is 96.5 cm³/mol. The first-order valence-corrected chi connectivity index (χ1v) is 8.74. The van der Waals surface area contributed by atoms with E-state index in [1.807, 2.05) is 25.1 Å². The van der Waals surface area contributed by atoms with Crippen LogP contribution in [0.1, 0.15) is 45.7 Å². The molecule has 0 fully saturated rings. The number of hydrogen-bond donors (Lipinski definition) is 1. The molecule has 1 aromatic carbocycles. The van der Waals surface area contributed by atoms with Gasteiger partial charge in [0.25, 0.3) is 5.91 Å². The molecule has 0 aliphatic carbocycles. The molecule has 0 aliphatic heterocycles. The van der Waals surface area contributed by atoms with E-state index >= 15 is 0 Å². The fourth-order valence-corrected chi connectivity index (χ4v) is 3.42. The topological polar surface area (TPSA) is 60.5 Å². The van der Waals surface area contributed by atoms with Gasteiger partial charge in [-0.2, -0.15) is 0 Å². The molecule has 1 amide bonds. The highest BCUT2D eigenvalue weighted by molar-refractivity contribution is 7.13. The van der Waals surface area contributed by atoms with Crippen LogP contribution in [0.15, 0.2) is 18.2 Å². The highest BCUT2D eigenvalue weighted by Crippen LogP contribution is 2.28. The molecule has 0 aliphatic rings. The number of aromatic nitrogens is 1. The molecule has 2 rings (SSSR count). The summed E-state index contributed by atoms with van der Waals surface area (Å²) in [6.45, 7) is 6.59. The number of carbonyl (C=O) groups is 1. The van der Waals surface area contributed by atoms with Crippen LogP contribution in [0.5, 0.6) is 11.5 Å². The van der Waals surface area contributed by atoms with E-state index in [1.54, 1.807) is 14.2 Å². The number of benzene rings is 1. The Morgan fingerprint density at radius 2 is 1.96 bits per heavy atom. The molecule has 5 nitrogen and oxygen atoms in total. The van der Waals surface area contributed by atoms with Crippen LogP contribution in [0.2, 0.25) is 0 Å². The summed E-state index contributed by atoms with van der Waals surface area (Å²) in [6, 6.07) is 5.78. The average molecular weight is 348 g/mol.